The molecular weight excluding hydrogens is 516 g/mol. The van der Waals surface area contributed by atoms with E-state index in [0.29, 0.717) is 43.7 Å². The van der Waals surface area contributed by atoms with Gasteiger partial charge in [0, 0.05) is 25.1 Å². The minimum Gasteiger partial charge on any atom is -0.483 e. The van der Waals surface area contributed by atoms with Gasteiger partial charge in [-0.3, -0.25) is 4.79 Å². The zero-order valence-electron chi connectivity index (χ0n) is 23.1. The Labute approximate surface area is 230 Å². The number of piperidine rings is 1. The lowest BCUT2D eigenvalue weighted by atomic mass is 9.48. The normalized spacial score (nSPS) is 31.2. The van der Waals surface area contributed by atoms with Crippen molar-refractivity contribution in [3.63, 3.8) is 0 Å². The highest BCUT2D eigenvalue weighted by Crippen LogP contribution is 2.66. The second-order valence-electron chi connectivity index (χ2n) is 12.2. The first-order chi connectivity index (χ1) is 18.5. The Morgan fingerprint density at radius 3 is 2.64 bits per heavy atom. The van der Waals surface area contributed by atoms with Gasteiger partial charge in [-0.25, -0.2) is 8.42 Å². The fourth-order valence-corrected chi connectivity index (χ4v) is 9.86. The zero-order chi connectivity index (χ0) is 27.7. The number of esters is 1. The van der Waals surface area contributed by atoms with Crippen molar-refractivity contribution < 1.29 is 27.8 Å². The molecule has 8 nitrogen and oxygen atoms in total. The Bertz CT molecular complexity index is 1400. The predicted molar refractivity (Wildman–Crippen MR) is 147 cm³/mol. The summed E-state index contributed by atoms with van der Waals surface area (Å²) in [5.74, 6) is 0.389. The van der Waals surface area contributed by atoms with Crippen molar-refractivity contribution in [2.24, 2.45) is 5.92 Å². The Hall–Kier alpha value is -2.46. The predicted octanol–water partition coefficient (Wildman–Crippen LogP) is 3.25. The molecule has 1 saturated heterocycles. The summed E-state index contributed by atoms with van der Waals surface area (Å²) in [4.78, 5) is 14.2. The van der Waals surface area contributed by atoms with E-state index in [9.17, 15) is 18.3 Å². The Morgan fingerprint density at radius 2 is 1.95 bits per heavy atom. The molecule has 1 spiro atoms. The minimum absolute atomic E-state index is 0.0939. The Morgan fingerprint density at radius 1 is 1.21 bits per heavy atom. The van der Waals surface area contributed by atoms with Gasteiger partial charge < -0.3 is 19.5 Å². The molecule has 210 valence electrons. The standard InChI is InChI=1S/C30H38N2O6S/c1-19(2)17-32(39(35,36)18-21-8-6-5-7-9-21)23-12-13-30(34)25-16-22-10-11-24(37-20(3)33)27-26(22)29(30,28(23)38-27)14-15-31(25)4/h5-11,19,23,25,28,34H,12-18H2,1-4H3/t23-,25-,28+,29+,30-/m1/s1. The van der Waals surface area contributed by atoms with Crippen molar-refractivity contribution in [2.45, 2.75) is 81.4 Å². The number of aliphatic hydroxyl groups is 1. The number of sulfonamides is 1. The van der Waals surface area contributed by atoms with Crippen molar-refractivity contribution >= 4 is 16.0 Å². The molecular formula is C30H38N2O6S. The summed E-state index contributed by atoms with van der Waals surface area (Å²) < 4.78 is 42.2. The lowest BCUT2D eigenvalue weighted by Crippen LogP contribution is -2.78. The first kappa shape index (κ1) is 26.7. The smallest absolute Gasteiger partial charge is 0.308 e. The fraction of sp³-hybridized carbons (Fsp3) is 0.567. The highest BCUT2D eigenvalue weighted by molar-refractivity contribution is 7.88. The third-order valence-corrected chi connectivity index (χ3v) is 11.2. The molecule has 1 saturated carbocycles. The van der Waals surface area contributed by atoms with Crippen LogP contribution in [0, 0.1) is 5.92 Å². The van der Waals surface area contributed by atoms with E-state index in [1.165, 1.54) is 6.92 Å². The summed E-state index contributed by atoms with van der Waals surface area (Å²) in [5.41, 5.74) is 0.856. The molecule has 5 atom stereocenters. The van der Waals surface area contributed by atoms with Gasteiger partial charge in [0.1, 0.15) is 6.10 Å². The van der Waals surface area contributed by atoms with E-state index < -0.39 is 39.2 Å². The van der Waals surface area contributed by atoms with E-state index in [0.717, 1.165) is 23.2 Å². The second-order valence-corrected chi connectivity index (χ2v) is 14.1. The maximum absolute atomic E-state index is 14.1. The van der Waals surface area contributed by atoms with Crippen LogP contribution in [0.3, 0.4) is 0 Å². The van der Waals surface area contributed by atoms with Crippen LogP contribution in [0.15, 0.2) is 42.5 Å². The van der Waals surface area contributed by atoms with Gasteiger partial charge in [0.25, 0.3) is 0 Å². The largest absolute Gasteiger partial charge is 0.483 e. The molecule has 0 aromatic heterocycles. The van der Waals surface area contributed by atoms with Crippen molar-refractivity contribution in [3.05, 3.63) is 59.2 Å². The van der Waals surface area contributed by atoms with Crippen LogP contribution in [0.4, 0.5) is 0 Å². The monoisotopic (exact) mass is 554 g/mol. The number of carbonyl (C=O) groups is 1. The molecule has 2 aliphatic carbocycles. The number of benzene rings is 2. The highest BCUT2D eigenvalue weighted by atomic mass is 32.2. The average molecular weight is 555 g/mol. The van der Waals surface area contributed by atoms with Crippen LogP contribution in [0.1, 0.15) is 56.7 Å². The quantitative estimate of drug-likeness (QED) is 0.415. The molecule has 6 rings (SSSR count). The van der Waals surface area contributed by atoms with Crippen LogP contribution >= 0.6 is 0 Å². The van der Waals surface area contributed by atoms with E-state index in [-0.39, 0.29) is 17.7 Å². The van der Waals surface area contributed by atoms with Crippen molar-refractivity contribution in [1.82, 2.24) is 9.21 Å². The maximum atomic E-state index is 14.1. The number of hydrogen-bond acceptors (Lipinski definition) is 7. The summed E-state index contributed by atoms with van der Waals surface area (Å²) >= 11 is 0. The number of likely N-dealkylation sites (tertiary alicyclic amines) is 1. The van der Waals surface area contributed by atoms with E-state index in [1.54, 1.807) is 10.4 Å². The van der Waals surface area contributed by atoms with Gasteiger partial charge in [-0.05, 0) is 62.4 Å². The molecule has 39 heavy (non-hydrogen) atoms. The van der Waals surface area contributed by atoms with Crippen molar-refractivity contribution in [3.8, 4) is 11.5 Å². The van der Waals surface area contributed by atoms with Crippen LogP contribution in [0.5, 0.6) is 11.5 Å². The van der Waals surface area contributed by atoms with Gasteiger partial charge in [-0.2, -0.15) is 4.31 Å². The molecule has 2 heterocycles. The molecule has 2 aromatic rings. The van der Waals surface area contributed by atoms with Crippen LogP contribution in [-0.4, -0.2) is 72.6 Å². The molecule has 4 aliphatic rings. The molecule has 1 N–H and O–H groups in total. The number of ether oxygens (including phenoxy) is 2. The highest BCUT2D eigenvalue weighted by Gasteiger charge is 2.73. The van der Waals surface area contributed by atoms with Crippen LogP contribution in [0.2, 0.25) is 0 Å². The van der Waals surface area contributed by atoms with E-state index in [4.69, 9.17) is 9.47 Å². The summed E-state index contributed by atoms with van der Waals surface area (Å²) in [6, 6.07) is 12.5. The molecule has 2 bridgehead atoms. The molecule has 0 radical (unpaired) electrons. The molecule has 9 heteroatoms. The first-order valence-electron chi connectivity index (χ1n) is 14.0. The minimum atomic E-state index is -3.72. The lowest BCUT2D eigenvalue weighted by Gasteiger charge is -2.64. The number of hydrogen-bond donors (Lipinski definition) is 1. The zero-order valence-corrected chi connectivity index (χ0v) is 23.9. The van der Waals surface area contributed by atoms with Gasteiger partial charge in [-0.15, -0.1) is 0 Å². The summed E-state index contributed by atoms with van der Waals surface area (Å²) in [6.07, 6.45) is 1.66. The van der Waals surface area contributed by atoms with Crippen LogP contribution in [0.25, 0.3) is 0 Å². The Kier molecular flexibility index (Phi) is 6.37. The number of carbonyl (C=O) groups excluding carboxylic acids is 1. The van der Waals surface area contributed by atoms with Crippen LogP contribution in [-0.2, 0) is 32.4 Å². The van der Waals surface area contributed by atoms with Gasteiger partial charge in [-0.1, -0.05) is 50.2 Å². The first-order valence-corrected chi connectivity index (χ1v) is 15.6. The van der Waals surface area contributed by atoms with E-state index in [1.807, 2.05) is 50.2 Å². The topological polar surface area (TPSA) is 96.4 Å². The molecule has 0 amide bonds. The van der Waals surface area contributed by atoms with Gasteiger partial charge >= 0.3 is 5.97 Å². The van der Waals surface area contributed by atoms with Gasteiger partial charge in [0.05, 0.1) is 22.8 Å². The third-order valence-electron chi connectivity index (χ3n) is 9.40. The van der Waals surface area contributed by atoms with Gasteiger partial charge in [0.2, 0.25) is 10.0 Å². The summed E-state index contributed by atoms with van der Waals surface area (Å²) in [6.45, 7) is 6.53. The number of likely N-dealkylation sites (N-methyl/N-ethyl adjacent to an activating group) is 1. The number of nitrogens with zero attached hydrogens (tertiary/aromatic N) is 2. The third kappa shape index (κ3) is 3.96. The van der Waals surface area contributed by atoms with E-state index in [2.05, 4.69) is 11.9 Å². The second kappa shape index (κ2) is 9.29. The maximum Gasteiger partial charge on any atom is 0.308 e. The molecule has 2 aromatic carbocycles. The van der Waals surface area contributed by atoms with Crippen LogP contribution < -0.4 is 9.47 Å². The molecule has 2 aliphatic heterocycles. The lowest BCUT2D eigenvalue weighted by molar-refractivity contribution is -0.192. The summed E-state index contributed by atoms with van der Waals surface area (Å²) in [5, 5.41) is 12.6. The van der Waals surface area contributed by atoms with Crippen molar-refractivity contribution in [2.75, 3.05) is 20.1 Å². The SMILES string of the molecule is CC(=O)Oc1ccc2c3c1O[C@H]1[C@H](N(CC(C)C)S(=O)(=O)Cc4ccccc4)CC[C@@]4(O)[C@@H](C2)N(C)CC[C@]314. The Balaban J connectivity index is 1.49. The van der Waals surface area contributed by atoms with Gasteiger partial charge in [0.15, 0.2) is 11.5 Å². The fourth-order valence-electron chi connectivity index (χ4n) is 7.93. The molecule has 2 fully saturated rings. The average Bonchev–Trinajstić information content (AvgIpc) is 3.22. The number of rotatable bonds is 7. The molecule has 0 unspecified atom stereocenters. The van der Waals surface area contributed by atoms with E-state index >= 15 is 0 Å². The van der Waals surface area contributed by atoms with Crippen molar-refractivity contribution in [1.29, 1.82) is 0 Å². The summed E-state index contributed by atoms with van der Waals surface area (Å²) in [7, 11) is -1.66.